The summed E-state index contributed by atoms with van der Waals surface area (Å²) in [4.78, 5) is 16.6. The van der Waals surface area contributed by atoms with E-state index in [1.807, 2.05) is 18.9 Å². The van der Waals surface area contributed by atoms with Crippen molar-refractivity contribution < 1.29 is 13.2 Å². The largest absolute Gasteiger partial charge is 0.336 e. The standard InChI is InChI=1S/C14H22N4O3S/c1-11-13(9-15-16(11)2)14(19)18-6-4-17(5-7-18)12-3-8-22(20,21)10-12/h9,12H,3-8,10H2,1-2H3. The Balaban J connectivity index is 1.60. The predicted molar refractivity (Wildman–Crippen MR) is 82.5 cm³/mol. The van der Waals surface area contributed by atoms with Crippen LogP contribution in [0, 0.1) is 6.92 Å². The first-order chi connectivity index (χ1) is 10.4. The Bertz CT molecular complexity index is 674. The Morgan fingerprint density at radius 1 is 1.27 bits per heavy atom. The molecule has 3 rings (SSSR count). The highest BCUT2D eigenvalue weighted by Gasteiger charge is 2.34. The summed E-state index contributed by atoms with van der Waals surface area (Å²) in [5.74, 6) is 0.582. The van der Waals surface area contributed by atoms with Gasteiger partial charge in [-0.25, -0.2) is 8.42 Å². The van der Waals surface area contributed by atoms with Crippen molar-refractivity contribution in [3.63, 3.8) is 0 Å². The zero-order valence-corrected chi connectivity index (χ0v) is 13.8. The molecule has 0 saturated carbocycles. The molecule has 0 bridgehead atoms. The number of rotatable bonds is 2. The fraction of sp³-hybridized carbons (Fsp3) is 0.714. The van der Waals surface area contributed by atoms with Crippen LogP contribution in [0.1, 0.15) is 22.5 Å². The highest BCUT2D eigenvalue weighted by Crippen LogP contribution is 2.20. The number of nitrogens with zero attached hydrogens (tertiary/aromatic N) is 4. The van der Waals surface area contributed by atoms with Gasteiger partial charge in [-0.3, -0.25) is 14.4 Å². The van der Waals surface area contributed by atoms with Crippen LogP contribution >= 0.6 is 0 Å². The molecule has 1 amide bonds. The Hall–Kier alpha value is -1.41. The van der Waals surface area contributed by atoms with Gasteiger partial charge >= 0.3 is 0 Å². The third kappa shape index (κ3) is 2.89. The van der Waals surface area contributed by atoms with Crippen LogP contribution in [0.5, 0.6) is 0 Å². The lowest BCUT2D eigenvalue weighted by molar-refractivity contribution is 0.0587. The van der Waals surface area contributed by atoms with E-state index in [0.717, 1.165) is 25.2 Å². The van der Waals surface area contributed by atoms with Crippen LogP contribution in [0.15, 0.2) is 6.20 Å². The lowest BCUT2D eigenvalue weighted by Crippen LogP contribution is -2.52. The van der Waals surface area contributed by atoms with Gasteiger partial charge in [0.1, 0.15) is 0 Å². The molecule has 0 N–H and O–H groups in total. The second-order valence-corrected chi connectivity index (χ2v) is 8.38. The van der Waals surface area contributed by atoms with Gasteiger partial charge in [0.15, 0.2) is 9.84 Å². The zero-order valence-electron chi connectivity index (χ0n) is 13.0. The molecule has 0 radical (unpaired) electrons. The van der Waals surface area contributed by atoms with E-state index in [4.69, 9.17) is 0 Å². The number of aryl methyl sites for hydroxylation is 1. The third-order valence-corrected chi connectivity index (χ3v) is 6.54. The van der Waals surface area contributed by atoms with Gasteiger partial charge in [0.25, 0.3) is 5.91 Å². The average Bonchev–Trinajstić information content (AvgIpc) is 3.02. The first kappa shape index (κ1) is 15.5. The van der Waals surface area contributed by atoms with Crippen LogP contribution in [-0.4, -0.2) is 77.6 Å². The molecule has 3 heterocycles. The van der Waals surface area contributed by atoms with E-state index in [2.05, 4.69) is 10.00 Å². The molecule has 122 valence electrons. The molecule has 1 aromatic heterocycles. The topological polar surface area (TPSA) is 75.5 Å². The first-order valence-corrected chi connectivity index (χ1v) is 9.42. The van der Waals surface area contributed by atoms with Gasteiger partial charge in [-0.05, 0) is 13.3 Å². The molecule has 1 aromatic rings. The van der Waals surface area contributed by atoms with Gasteiger partial charge in [-0.2, -0.15) is 5.10 Å². The SMILES string of the molecule is Cc1c(C(=O)N2CCN(C3CCS(=O)(=O)C3)CC2)cnn1C. The Labute approximate surface area is 130 Å². The number of carbonyl (C=O) groups is 1. The predicted octanol–water partition coefficient (Wildman–Crippen LogP) is -0.327. The minimum absolute atomic E-state index is 0.0179. The molecule has 8 heteroatoms. The number of carbonyl (C=O) groups excluding carboxylic acids is 1. The second kappa shape index (κ2) is 5.66. The summed E-state index contributed by atoms with van der Waals surface area (Å²) >= 11 is 0. The summed E-state index contributed by atoms with van der Waals surface area (Å²) in [6.45, 7) is 4.66. The molecule has 2 aliphatic rings. The second-order valence-electron chi connectivity index (χ2n) is 6.15. The fourth-order valence-electron chi connectivity index (χ4n) is 3.23. The zero-order chi connectivity index (χ0) is 15.9. The van der Waals surface area contributed by atoms with Gasteiger partial charge in [-0.15, -0.1) is 0 Å². The highest BCUT2D eigenvalue weighted by molar-refractivity contribution is 7.91. The van der Waals surface area contributed by atoms with E-state index in [1.165, 1.54) is 0 Å². The van der Waals surface area contributed by atoms with Crippen molar-refractivity contribution in [2.75, 3.05) is 37.7 Å². The number of piperazine rings is 1. The molecule has 0 aliphatic carbocycles. The molecular weight excluding hydrogens is 304 g/mol. The molecule has 22 heavy (non-hydrogen) atoms. The quantitative estimate of drug-likeness (QED) is 0.744. The summed E-state index contributed by atoms with van der Waals surface area (Å²) in [6, 6.07) is 0.127. The van der Waals surface area contributed by atoms with Crippen molar-refractivity contribution in [3.8, 4) is 0 Å². The van der Waals surface area contributed by atoms with Gasteiger partial charge in [0.2, 0.25) is 0 Å². The van der Waals surface area contributed by atoms with E-state index < -0.39 is 9.84 Å². The normalized spacial score (nSPS) is 25.5. The van der Waals surface area contributed by atoms with Crippen molar-refractivity contribution in [1.29, 1.82) is 0 Å². The monoisotopic (exact) mass is 326 g/mol. The van der Waals surface area contributed by atoms with Crippen molar-refractivity contribution in [3.05, 3.63) is 17.5 Å². The van der Waals surface area contributed by atoms with Crippen LogP contribution in [-0.2, 0) is 16.9 Å². The molecule has 1 atom stereocenters. The molecule has 2 fully saturated rings. The van der Waals surface area contributed by atoms with Gasteiger partial charge in [-0.1, -0.05) is 0 Å². The maximum absolute atomic E-state index is 12.5. The van der Waals surface area contributed by atoms with E-state index >= 15 is 0 Å². The number of amides is 1. The molecule has 7 nitrogen and oxygen atoms in total. The molecule has 2 saturated heterocycles. The Morgan fingerprint density at radius 3 is 2.45 bits per heavy atom. The summed E-state index contributed by atoms with van der Waals surface area (Å²) in [7, 11) is -1.03. The molecular formula is C14H22N4O3S. The van der Waals surface area contributed by atoms with Crippen molar-refractivity contribution >= 4 is 15.7 Å². The maximum Gasteiger partial charge on any atom is 0.257 e. The van der Waals surface area contributed by atoms with Gasteiger partial charge in [0, 0.05) is 45.0 Å². The van der Waals surface area contributed by atoms with Crippen molar-refractivity contribution in [2.24, 2.45) is 7.05 Å². The van der Waals surface area contributed by atoms with Gasteiger partial charge in [0.05, 0.1) is 23.3 Å². The smallest absolute Gasteiger partial charge is 0.257 e. The lowest BCUT2D eigenvalue weighted by Gasteiger charge is -2.37. The summed E-state index contributed by atoms with van der Waals surface area (Å²) < 4.78 is 24.9. The molecule has 2 aliphatic heterocycles. The number of sulfone groups is 1. The number of hydrogen-bond donors (Lipinski definition) is 0. The summed E-state index contributed by atoms with van der Waals surface area (Å²) in [5, 5.41) is 4.12. The van der Waals surface area contributed by atoms with Crippen molar-refractivity contribution in [1.82, 2.24) is 19.6 Å². The first-order valence-electron chi connectivity index (χ1n) is 7.60. The highest BCUT2D eigenvalue weighted by atomic mass is 32.2. The molecule has 0 aromatic carbocycles. The molecule has 1 unspecified atom stereocenters. The third-order valence-electron chi connectivity index (χ3n) is 4.79. The lowest BCUT2D eigenvalue weighted by atomic mass is 10.1. The van der Waals surface area contributed by atoms with Crippen LogP contribution < -0.4 is 0 Å². The molecule has 0 spiro atoms. The summed E-state index contributed by atoms with van der Waals surface area (Å²) in [6.07, 6.45) is 2.34. The van der Waals surface area contributed by atoms with Crippen molar-refractivity contribution in [2.45, 2.75) is 19.4 Å². The van der Waals surface area contributed by atoms with Crippen LogP contribution in [0.4, 0.5) is 0 Å². The minimum atomic E-state index is -2.85. The van der Waals surface area contributed by atoms with Crippen LogP contribution in [0.2, 0.25) is 0 Å². The van der Waals surface area contributed by atoms with Crippen LogP contribution in [0.3, 0.4) is 0 Å². The number of hydrogen-bond acceptors (Lipinski definition) is 5. The van der Waals surface area contributed by atoms with Gasteiger partial charge < -0.3 is 4.90 Å². The summed E-state index contributed by atoms with van der Waals surface area (Å²) in [5.41, 5.74) is 1.52. The number of aromatic nitrogens is 2. The van der Waals surface area contributed by atoms with E-state index in [0.29, 0.717) is 24.4 Å². The van der Waals surface area contributed by atoms with E-state index in [9.17, 15) is 13.2 Å². The average molecular weight is 326 g/mol. The fourth-order valence-corrected chi connectivity index (χ4v) is 4.99. The Kier molecular flexibility index (Phi) is 3.98. The van der Waals surface area contributed by atoms with Crippen LogP contribution in [0.25, 0.3) is 0 Å². The Morgan fingerprint density at radius 2 is 1.95 bits per heavy atom. The van der Waals surface area contributed by atoms with E-state index in [-0.39, 0.29) is 17.7 Å². The maximum atomic E-state index is 12.5. The minimum Gasteiger partial charge on any atom is -0.336 e. The van der Waals surface area contributed by atoms with E-state index in [1.54, 1.807) is 10.9 Å².